The van der Waals surface area contributed by atoms with E-state index in [1.165, 1.54) is 24.5 Å². The number of carbonyl (C=O) groups is 2. The lowest BCUT2D eigenvalue weighted by molar-refractivity contribution is -0.123. The van der Waals surface area contributed by atoms with Gasteiger partial charge in [-0.25, -0.2) is 0 Å². The summed E-state index contributed by atoms with van der Waals surface area (Å²) in [5, 5.41) is 0.824. The minimum atomic E-state index is -0.487. The molecule has 29 heavy (non-hydrogen) atoms. The Morgan fingerprint density at radius 2 is 1.72 bits per heavy atom. The van der Waals surface area contributed by atoms with Gasteiger partial charge in [0, 0.05) is 10.0 Å². The molecule has 2 amide bonds. The van der Waals surface area contributed by atoms with Crippen LogP contribution < -0.4 is 5.43 Å². The molecule has 0 saturated carbocycles. The lowest BCUT2D eigenvalue weighted by Crippen LogP contribution is -2.27. The maximum absolute atomic E-state index is 12.8. The summed E-state index contributed by atoms with van der Waals surface area (Å²) in [7, 11) is 0. The van der Waals surface area contributed by atoms with Crippen molar-refractivity contribution in [2.24, 2.45) is 0 Å². The van der Waals surface area contributed by atoms with Crippen molar-refractivity contribution in [2.75, 3.05) is 0 Å². The van der Waals surface area contributed by atoms with Crippen LogP contribution in [0.15, 0.2) is 56.8 Å². The van der Waals surface area contributed by atoms with E-state index >= 15 is 0 Å². The molecule has 0 unspecified atom stereocenters. The van der Waals surface area contributed by atoms with Gasteiger partial charge in [0.15, 0.2) is 11.0 Å². The molecule has 2 aromatic carbocycles. The number of carbonyl (C=O) groups excluding carboxylic acids is 2. The Bertz CT molecular complexity index is 1250. The van der Waals surface area contributed by atoms with E-state index in [0.717, 1.165) is 22.2 Å². The minimum Gasteiger partial charge on any atom is -0.462 e. The van der Waals surface area contributed by atoms with E-state index in [2.05, 4.69) is 0 Å². The van der Waals surface area contributed by atoms with Gasteiger partial charge < -0.3 is 4.42 Å². The molecule has 0 spiro atoms. The molecule has 3 aromatic rings. The second-order valence-corrected chi connectivity index (χ2v) is 8.45. The van der Waals surface area contributed by atoms with E-state index in [4.69, 9.17) is 39.2 Å². The van der Waals surface area contributed by atoms with Gasteiger partial charge in [-0.15, -0.1) is 0 Å². The van der Waals surface area contributed by atoms with Crippen molar-refractivity contribution in [3.8, 4) is 0 Å². The van der Waals surface area contributed by atoms with E-state index in [0.29, 0.717) is 5.02 Å². The van der Waals surface area contributed by atoms with Crippen LogP contribution >= 0.6 is 46.6 Å². The van der Waals surface area contributed by atoms with Gasteiger partial charge >= 0.3 is 0 Å². The van der Waals surface area contributed by atoms with Gasteiger partial charge in [0.2, 0.25) is 0 Å². The molecule has 5 nitrogen and oxygen atoms in total. The number of hydrogen-bond donors (Lipinski definition) is 0. The quantitative estimate of drug-likeness (QED) is 0.444. The van der Waals surface area contributed by atoms with E-state index in [9.17, 15) is 14.4 Å². The molecule has 1 aromatic heterocycles. The lowest BCUT2D eigenvalue weighted by Gasteiger charge is -2.12. The van der Waals surface area contributed by atoms with Gasteiger partial charge in [0.25, 0.3) is 11.1 Å². The zero-order valence-corrected chi connectivity index (χ0v) is 17.5. The van der Waals surface area contributed by atoms with Crippen molar-refractivity contribution < 1.29 is 14.0 Å². The minimum absolute atomic E-state index is 0.108. The molecule has 0 aliphatic carbocycles. The van der Waals surface area contributed by atoms with Crippen molar-refractivity contribution in [1.29, 1.82) is 0 Å². The van der Waals surface area contributed by atoms with Crippen LogP contribution in [0.4, 0.5) is 4.79 Å². The van der Waals surface area contributed by atoms with Crippen LogP contribution in [0, 0.1) is 0 Å². The second-order valence-electron chi connectivity index (χ2n) is 6.18. The summed E-state index contributed by atoms with van der Waals surface area (Å²) >= 11 is 18.6. The van der Waals surface area contributed by atoms with Crippen LogP contribution in [0.2, 0.25) is 15.1 Å². The number of rotatable bonds is 3. The number of fused-ring (bicyclic) bond motifs is 1. The van der Waals surface area contributed by atoms with Crippen LogP contribution in [-0.4, -0.2) is 16.0 Å². The average Bonchev–Trinajstić information content (AvgIpc) is 2.93. The van der Waals surface area contributed by atoms with Gasteiger partial charge in [-0.2, -0.15) is 0 Å². The predicted molar refractivity (Wildman–Crippen MR) is 115 cm³/mol. The molecule has 146 valence electrons. The zero-order chi connectivity index (χ0) is 20.7. The van der Waals surface area contributed by atoms with Gasteiger partial charge in [-0.1, -0.05) is 46.9 Å². The third-order valence-corrected chi connectivity index (χ3v) is 5.89. The number of amides is 2. The monoisotopic (exact) mass is 465 g/mol. The van der Waals surface area contributed by atoms with Gasteiger partial charge in [0.05, 0.1) is 27.4 Å². The van der Waals surface area contributed by atoms with Crippen molar-refractivity contribution in [3.63, 3.8) is 0 Å². The molecular weight excluding hydrogens is 457 g/mol. The summed E-state index contributed by atoms with van der Waals surface area (Å²) in [6, 6.07) is 9.75. The average molecular weight is 467 g/mol. The smallest absolute Gasteiger partial charge is 0.293 e. The fraction of sp³-hybridized carbons (Fsp3) is 0.0500. The van der Waals surface area contributed by atoms with Crippen molar-refractivity contribution in [1.82, 2.24) is 4.90 Å². The predicted octanol–water partition coefficient (Wildman–Crippen LogP) is 5.99. The molecule has 1 aliphatic rings. The summed E-state index contributed by atoms with van der Waals surface area (Å²) < 4.78 is 5.45. The molecule has 4 rings (SSSR count). The highest BCUT2D eigenvalue weighted by molar-refractivity contribution is 8.18. The molecule has 2 heterocycles. The fourth-order valence-electron chi connectivity index (χ4n) is 2.83. The van der Waals surface area contributed by atoms with Crippen LogP contribution in [0.1, 0.15) is 11.1 Å². The van der Waals surface area contributed by atoms with Gasteiger partial charge in [-0.3, -0.25) is 19.3 Å². The first-order valence-corrected chi connectivity index (χ1v) is 10.2. The summed E-state index contributed by atoms with van der Waals surface area (Å²) in [4.78, 5) is 39.0. The highest BCUT2D eigenvalue weighted by atomic mass is 35.5. The first-order valence-electron chi connectivity index (χ1n) is 8.24. The van der Waals surface area contributed by atoms with E-state index in [1.807, 2.05) is 0 Å². The molecule has 0 atom stereocenters. The topological polar surface area (TPSA) is 67.6 Å². The second kappa shape index (κ2) is 7.88. The highest BCUT2D eigenvalue weighted by Crippen LogP contribution is 2.33. The van der Waals surface area contributed by atoms with Crippen molar-refractivity contribution in [2.45, 2.75) is 6.54 Å². The molecular formula is C20H10Cl3NO4S. The normalized spacial score (nSPS) is 15.7. The Morgan fingerprint density at radius 1 is 1.00 bits per heavy atom. The van der Waals surface area contributed by atoms with Crippen molar-refractivity contribution >= 4 is 74.8 Å². The number of thioether (sulfide) groups is 1. The maximum Gasteiger partial charge on any atom is 0.293 e. The van der Waals surface area contributed by atoms with Crippen LogP contribution in [0.25, 0.3) is 17.0 Å². The number of benzene rings is 2. The maximum atomic E-state index is 12.8. The third kappa shape index (κ3) is 3.94. The zero-order valence-electron chi connectivity index (χ0n) is 14.4. The Hall–Kier alpha value is -2.25. The highest BCUT2D eigenvalue weighted by Gasteiger charge is 2.35. The first-order chi connectivity index (χ1) is 13.8. The summed E-state index contributed by atoms with van der Waals surface area (Å²) in [5.41, 5.74) is 0.675. The van der Waals surface area contributed by atoms with Crippen molar-refractivity contribution in [3.05, 3.63) is 84.0 Å². The summed E-state index contributed by atoms with van der Waals surface area (Å²) in [6.07, 6.45) is 2.55. The molecule has 1 fully saturated rings. The lowest BCUT2D eigenvalue weighted by atomic mass is 10.1. The Labute approximate surface area is 183 Å². The van der Waals surface area contributed by atoms with Crippen LogP contribution in [0.3, 0.4) is 0 Å². The van der Waals surface area contributed by atoms with E-state index < -0.39 is 16.6 Å². The Balaban J connectivity index is 1.67. The molecule has 9 heteroatoms. The molecule has 0 N–H and O–H groups in total. The standard InChI is InChI=1S/C20H10Cl3NO4S/c21-12-3-1-10(2-4-12)8-24-19(26)16(29-20(24)27)5-11-9-28-18-14(17(11)25)6-13(22)7-15(18)23/h1-7,9H,8H2/b16-5-. The van der Waals surface area contributed by atoms with E-state index in [-0.39, 0.29) is 38.0 Å². The summed E-state index contributed by atoms with van der Waals surface area (Å²) in [6.45, 7) is 0.108. The number of hydrogen-bond acceptors (Lipinski definition) is 5. The Morgan fingerprint density at radius 3 is 2.45 bits per heavy atom. The first kappa shape index (κ1) is 20.0. The molecule has 1 saturated heterocycles. The van der Waals surface area contributed by atoms with Crippen LogP contribution in [0.5, 0.6) is 0 Å². The molecule has 1 aliphatic heterocycles. The SMILES string of the molecule is O=C1S/C(=C\c2coc3c(Cl)cc(Cl)cc3c2=O)C(=O)N1Cc1ccc(Cl)cc1. The van der Waals surface area contributed by atoms with Gasteiger partial charge in [-0.05, 0) is 47.7 Å². The number of halogens is 3. The molecule has 0 bridgehead atoms. The van der Waals surface area contributed by atoms with Gasteiger partial charge in [0.1, 0.15) is 6.26 Å². The fourth-order valence-corrected chi connectivity index (χ4v) is 4.32. The number of imide groups is 1. The van der Waals surface area contributed by atoms with Crippen LogP contribution in [-0.2, 0) is 11.3 Å². The number of nitrogens with zero attached hydrogens (tertiary/aromatic N) is 1. The summed E-state index contributed by atoms with van der Waals surface area (Å²) in [5.74, 6) is -0.487. The Kier molecular flexibility index (Phi) is 5.44. The third-order valence-electron chi connectivity index (χ3n) is 4.23. The largest absolute Gasteiger partial charge is 0.462 e. The molecule has 0 radical (unpaired) electrons. The van der Waals surface area contributed by atoms with E-state index in [1.54, 1.807) is 24.3 Å².